The fourth-order valence-corrected chi connectivity index (χ4v) is 5.82. The molecule has 2 aliphatic rings. The van der Waals surface area contributed by atoms with Gasteiger partial charge in [-0.15, -0.1) is 0 Å². The minimum Gasteiger partial charge on any atom is -0.446 e. The maximum Gasteiger partial charge on any atom is 0.407 e. The second-order valence-corrected chi connectivity index (χ2v) is 10.5. The SMILES string of the molecule is CC(C)NC(=O)O[C@@H]1CC[C@H](c2cc(Nc3ccc4c(c3)S(=O)(=O)CCC4)n[nH]2)C1. The van der Waals surface area contributed by atoms with Gasteiger partial charge in [-0.2, -0.15) is 5.10 Å². The fraction of sp³-hybridized carbons (Fsp3) is 0.524. The Balaban J connectivity index is 1.39. The van der Waals surface area contributed by atoms with E-state index < -0.39 is 9.84 Å². The second-order valence-electron chi connectivity index (χ2n) is 8.41. The fourth-order valence-electron chi connectivity index (χ4n) is 4.20. The number of aromatic nitrogens is 2. The number of hydrogen-bond acceptors (Lipinski definition) is 6. The first-order valence-electron chi connectivity index (χ1n) is 10.5. The number of alkyl carbamates (subject to hydrolysis) is 1. The van der Waals surface area contributed by atoms with E-state index in [0.29, 0.717) is 22.8 Å². The summed E-state index contributed by atoms with van der Waals surface area (Å²) in [6.45, 7) is 3.80. The summed E-state index contributed by atoms with van der Waals surface area (Å²) in [6, 6.07) is 7.46. The number of carbonyl (C=O) groups excluding carboxylic acids is 1. The van der Waals surface area contributed by atoms with Crippen molar-refractivity contribution in [3.05, 3.63) is 35.5 Å². The normalized spacial score (nSPS) is 22.5. The molecule has 1 fully saturated rings. The van der Waals surface area contributed by atoms with Crippen molar-refractivity contribution in [3.8, 4) is 0 Å². The van der Waals surface area contributed by atoms with Crippen molar-refractivity contribution < 1.29 is 17.9 Å². The van der Waals surface area contributed by atoms with Crippen LogP contribution in [0.5, 0.6) is 0 Å². The van der Waals surface area contributed by atoms with Gasteiger partial charge < -0.3 is 15.4 Å². The minimum atomic E-state index is -3.20. The minimum absolute atomic E-state index is 0.0505. The number of H-pyrrole nitrogens is 1. The smallest absolute Gasteiger partial charge is 0.407 e. The van der Waals surface area contributed by atoms with Gasteiger partial charge in [0.25, 0.3) is 0 Å². The molecule has 2 atom stereocenters. The van der Waals surface area contributed by atoms with Crippen molar-refractivity contribution in [3.63, 3.8) is 0 Å². The average Bonchev–Trinajstić information content (AvgIpc) is 3.31. The number of rotatable bonds is 5. The van der Waals surface area contributed by atoms with Crippen LogP contribution in [0.1, 0.15) is 56.7 Å². The molecule has 9 heteroatoms. The zero-order valence-corrected chi connectivity index (χ0v) is 18.1. The number of ether oxygens (including phenoxy) is 1. The van der Waals surface area contributed by atoms with E-state index in [0.717, 1.165) is 36.9 Å². The summed E-state index contributed by atoms with van der Waals surface area (Å²) >= 11 is 0. The number of benzene rings is 1. The van der Waals surface area contributed by atoms with Crippen LogP contribution in [-0.4, -0.2) is 42.6 Å². The molecule has 2 aromatic rings. The van der Waals surface area contributed by atoms with Gasteiger partial charge in [-0.3, -0.25) is 5.10 Å². The zero-order valence-electron chi connectivity index (χ0n) is 17.3. The molecule has 30 heavy (non-hydrogen) atoms. The number of aromatic amines is 1. The van der Waals surface area contributed by atoms with Gasteiger partial charge in [-0.1, -0.05) is 6.07 Å². The molecule has 3 N–H and O–H groups in total. The highest BCUT2D eigenvalue weighted by atomic mass is 32.2. The van der Waals surface area contributed by atoms with E-state index in [-0.39, 0.29) is 29.9 Å². The number of amides is 1. The quantitative estimate of drug-likeness (QED) is 0.665. The molecule has 1 saturated carbocycles. The molecular formula is C21H28N4O4S. The zero-order chi connectivity index (χ0) is 21.3. The number of carbonyl (C=O) groups is 1. The molecule has 0 spiro atoms. The highest BCUT2D eigenvalue weighted by molar-refractivity contribution is 7.91. The van der Waals surface area contributed by atoms with E-state index in [9.17, 15) is 13.2 Å². The maximum atomic E-state index is 12.3. The largest absolute Gasteiger partial charge is 0.446 e. The first-order valence-corrected chi connectivity index (χ1v) is 12.1. The van der Waals surface area contributed by atoms with Crippen LogP contribution in [0.4, 0.5) is 16.3 Å². The summed E-state index contributed by atoms with van der Waals surface area (Å²) in [5, 5.41) is 13.3. The molecule has 0 radical (unpaired) electrons. The van der Waals surface area contributed by atoms with Crippen LogP contribution in [0.2, 0.25) is 0 Å². The molecule has 1 aliphatic heterocycles. The molecule has 1 aliphatic carbocycles. The number of anilines is 2. The second kappa shape index (κ2) is 8.29. The lowest BCUT2D eigenvalue weighted by atomic mass is 10.0. The molecule has 0 unspecified atom stereocenters. The first kappa shape index (κ1) is 20.7. The Labute approximate surface area is 176 Å². The van der Waals surface area contributed by atoms with Crippen LogP contribution in [-0.2, 0) is 21.0 Å². The van der Waals surface area contributed by atoms with Gasteiger partial charge >= 0.3 is 6.09 Å². The van der Waals surface area contributed by atoms with E-state index in [4.69, 9.17) is 4.74 Å². The van der Waals surface area contributed by atoms with Crippen LogP contribution in [0.15, 0.2) is 29.2 Å². The number of hydrogen-bond donors (Lipinski definition) is 3. The van der Waals surface area contributed by atoms with Crippen LogP contribution in [0, 0.1) is 0 Å². The molecule has 8 nitrogen and oxygen atoms in total. The number of nitrogens with one attached hydrogen (secondary N) is 3. The summed E-state index contributed by atoms with van der Waals surface area (Å²) in [5.74, 6) is 1.09. The highest BCUT2D eigenvalue weighted by Gasteiger charge is 2.30. The maximum absolute atomic E-state index is 12.3. The highest BCUT2D eigenvalue weighted by Crippen LogP contribution is 2.36. The van der Waals surface area contributed by atoms with Gasteiger partial charge in [-0.25, -0.2) is 13.2 Å². The molecule has 1 aromatic heterocycles. The van der Waals surface area contributed by atoms with Gasteiger partial charge in [0.2, 0.25) is 0 Å². The molecular weight excluding hydrogens is 404 g/mol. The van der Waals surface area contributed by atoms with Crippen LogP contribution >= 0.6 is 0 Å². The van der Waals surface area contributed by atoms with E-state index >= 15 is 0 Å². The van der Waals surface area contributed by atoms with Crippen molar-refractivity contribution in [1.29, 1.82) is 0 Å². The van der Waals surface area contributed by atoms with Crippen molar-refractivity contribution >= 4 is 27.4 Å². The van der Waals surface area contributed by atoms with Gasteiger partial charge in [0.1, 0.15) is 6.10 Å². The summed E-state index contributed by atoms with van der Waals surface area (Å²) in [7, 11) is -3.20. The van der Waals surface area contributed by atoms with E-state index in [2.05, 4.69) is 20.8 Å². The predicted octanol–water partition coefficient (Wildman–Crippen LogP) is 3.64. The lowest BCUT2D eigenvalue weighted by molar-refractivity contribution is 0.0981. The Bertz CT molecular complexity index is 1030. The van der Waals surface area contributed by atoms with Crippen molar-refractivity contribution in [2.45, 2.75) is 68.9 Å². The number of nitrogens with zero attached hydrogens (tertiary/aromatic N) is 1. The van der Waals surface area contributed by atoms with Gasteiger partial charge in [0, 0.05) is 29.4 Å². The topological polar surface area (TPSA) is 113 Å². The number of sulfone groups is 1. The molecule has 4 rings (SSSR count). The Morgan fingerprint density at radius 2 is 2.10 bits per heavy atom. The third kappa shape index (κ3) is 4.61. The van der Waals surface area contributed by atoms with Gasteiger partial charge in [0.15, 0.2) is 15.7 Å². The standard InChI is InChI=1S/C21H28N4O4S/c1-13(2)22-21(26)29-17-8-6-15(10-17)18-12-20(25-24-18)23-16-7-5-14-4-3-9-30(27,28)19(14)11-16/h5,7,11-13,15,17H,3-4,6,8-10H2,1-2H3,(H,22,26)(H2,23,24,25)/t15-,17+/m0/s1. The summed E-state index contributed by atoms with van der Waals surface area (Å²) < 4.78 is 30.2. The van der Waals surface area contributed by atoms with E-state index in [1.165, 1.54) is 0 Å². The predicted molar refractivity (Wildman–Crippen MR) is 114 cm³/mol. The van der Waals surface area contributed by atoms with E-state index in [1.54, 1.807) is 6.07 Å². The molecule has 0 bridgehead atoms. The lowest BCUT2D eigenvalue weighted by Crippen LogP contribution is -2.33. The van der Waals surface area contributed by atoms with Crippen molar-refractivity contribution in [2.75, 3.05) is 11.1 Å². The third-order valence-electron chi connectivity index (χ3n) is 5.64. The van der Waals surface area contributed by atoms with Crippen molar-refractivity contribution in [2.24, 2.45) is 0 Å². The Morgan fingerprint density at radius 1 is 1.27 bits per heavy atom. The molecule has 0 saturated heterocycles. The van der Waals surface area contributed by atoms with E-state index in [1.807, 2.05) is 32.0 Å². The van der Waals surface area contributed by atoms with Gasteiger partial charge in [0.05, 0.1) is 10.6 Å². The van der Waals surface area contributed by atoms with Crippen LogP contribution < -0.4 is 10.6 Å². The summed E-state index contributed by atoms with van der Waals surface area (Å²) in [6.07, 6.45) is 3.49. The van der Waals surface area contributed by atoms with Crippen LogP contribution in [0.3, 0.4) is 0 Å². The summed E-state index contributed by atoms with van der Waals surface area (Å²) in [4.78, 5) is 12.2. The lowest BCUT2D eigenvalue weighted by Gasteiger charge is -2.17. The average molecular weight is 433 g/mol. The molecule has 1 aromatic carbocycles. The first-order chi connectivity index (χ1) is 14.3. The Hall–Kier alpha value is -2.55. The van der Waals surface area contributed by atoms with Crippen molar-refractivity contribution in [1.82, 2.24) is 15.5 Å². The monoisotopic (exact) mass is 432 g/mol. The van der Waals surface area contributed by atoms with Crippen LogP contribution in [0.25, 0.3) is 0 Å². The molecule has 162 valence electrons. The molecule has 2 heterocycles. The van der Waals surface area contributed by atoms with Gasteiger partial charge in [-0.05, 0) is 63.6 Å². The Morgan fingerprint density at radius 3 is 2.90 bits per heavy atom. The third-order valence-corrected chi connectivity index (χ3v) is 7.51. The molecule has 1 amide bonds. The number of aryl methyl sites for hydroxylation is 1. The number of fused-ring (bicyclic) bond motifs is 1. The summed E-state index contributed by atoms with van der Waals surface area (Å²) in [5.41, 5.74) is 2.57. The Kier molecular flexibility index (Phi) is 5.73.